The third-order valence-corrected chi connectivity index (χ3v) is 5.85. The van der Waals surface area contributed by atoms with Gasteiger partial charge in [0.25, 0.3) is 0 Å². The average Bonchev–Trinajstić information content (AvgIpc) is 3.12. The smallest absolute Gasteiger partial charge is 0.249 e. The van der Waals surface area contributed by atoms with Gasteiger partial charge in [-0.3, -0.25) is 4.79 Å². The van der Waals surface area contributed by atoms with Crippen LogP contribution in [0.15, 0.2) is 24.4 Å². The van der Waals surface area contributed by atoms with Crippen LogP contribution in [0, 0.1) is 0 Å². The number of amides is 1. The molecule has 2 heterocycles. The lowest BCUT2D eigenvalue weighted by Gasteiger charge is -2.31. The number of rotatable bonds is 4. The van der Waals surface area contributed by atoms with Gasteiger partial charge in [-0.2, -0.15) is 0 Å². The fraction of sp³-hybridized carbons (Fsp3) is 0.571. The molecule has 5 heteroatoms. The minimum absolute atomic E-state index is 0.0796. The lowest BCUT2D eigenvalue weighted by Crippen LogP contribution is -2.45. The van der Waals surface area contributed by atoms with Gasteiger partial charge in [-0.05, 0) is 68.2 Å². The van der Waals surface area contributed by atoms with Crippen LogP contribution in [0.2, 0.25) is 0 Å². The van der Waals surface area contributed by atoms with Crippen LogP contribution in [0.25, 0.3) is 10.9 Å². The summed E-state index contributed by atoms with van der Waals surface area (Å²) in [6, 6.07) is 6.40. The zero-order chi connectivity index (χ0) is 17.9. The van der Waals surface area contributed by atoms with Gasteiger partial charge in [0.2, 0.25) is 5.91 Å². The standard InChI is InChI=1S/C21H28N2O3/c1-25-16-8-9-19-17(12-16)18(13-22-19)14-5-4-6-15(11-14)23-21(24)20-7-2-3-10-26-20/h8-9,12-15,20,22H,2-7,10-11H2,1H3,(H,23,24)/t14-,15+,20?/m1/s1. The largest absolute Gasteiger partial charge is 0.497 e. The van der Waals surface area contributed by atoms with Gasteiger partial charge < -0.3 is 19.8 Å². The fourth-order valence-electron chi connectivity index (χ4n) is 4.43. The van der Waals surface area contributed by atoms with Crippen molar-refractivity contribution in [1.82, 2.24) is 10.3 Å². The first kappa shape index (κ1) is 17.4. The minimum atomic E-state index is -0.249. The highest BCUT2D eigenvalue weighted by Crippen LogP contribution is 2.37. The quantitative estimate of drug-likeness (QED) is 0.874. The topological polar surface area (TPSA) is 63.3 Å². The van der Waals surface area contributed by atoms with Crippen LogP contribution in [0.4, 0.5) is 0 Å². The predicted octanol–water partition coefficient (Wildman–Crippen LogP) is 3.89. The number of nitrogens with one attached hydrogen (secondary N) is 2. The number of aromatic nitrogens is 1. The SMILES string of the molecule is COc1ccc2[nH]cc([C@@H]3CCC[C@H](NC(=O)C4CCCCO4)C3)c2c1. The maximum absolute atomic E-state index is 12.5. The maximum Gasteiger partial charge on any atom is 0.249 e. The molecule has 140 valence electrons. The van der Waals surface area contributed by atoms with Crippen LogP contribution in [0.1, 0.15) is 56.4 Å². The summed E-state index contributed by atoms with van der Waals surface area (Å²) in [4.78, 5) is 15.9. The van der Waals surface area contributed by atoms with Gasteiger partial charge in [-0.1, -0.05) is 6.42 Å². The number of H-pyrrole nitrogens is 1. The lowest BCUT2D eigenvalue weighted by atomic mass is 9.81. The molecule has 2 aliphatic rings. The lowest BCUT2D eigenvalue weighted by molar-refractivity contribution is -0.136. The van der Waals surface area contributed by atoms with Gasteiger partial charge in [0.05, 0.1) is 7.11 Å². The van der Waals surface area contributed by atoms with Gasteiger partial charge in [0.15, 0.2) is 0 Å². The van der Waals surface area contributed by atoms with Crippen LogP contribution < -0.4 is 10.1 Å². The van der Waals surface area contributed by atoms with E-state index in [4.69, 9.17) is 9.47 Å². The van der Waals surface area contributed by atoms with Crippen LogP contribution in [0.3, 0.4) is 0 Å². The van der Waals surface area contributed by atoms with Crippen LogP contribution in [-0.2, 0) is 9.53 Å². The molecule has 3 atom stereocenters. The second-order valence-corrected chi connectivity index (χ2v) is 7.58. The number of benzene rings is 1. The van der Waals surface area contributed by atoms with Gasteiger partial charge in [-0.25, -0.2) is 0 Å². The molecule has 1 aliphatic heterocycles. The van der Waals surface area contributed by atoms with E-state index in [1.807, 2.05) is 6.07 Å². The molecule has 2 fully saturated rings. The van der Waals surface area contributed by atoms with Crippen molar-refractivity contribution >= 4 is 16.8 Å². The number of carbonyl (C=O) groups is 1. The van der Waals surface area contributed by atoms with Crippen molar-refractivity contribution in [3.05, 3.63) is 30.0 Å². The third kappa shape index (κ3) is 3.58. The summed E-state index contributed by atoms with van der Waals surface area (Å²) >= 11 is 0. The first-order valence-electron chi connectivity index (χ1n) is 9.81. The Labute approximate surface area is 154 Å². The highest BCUT2D eigenvalue weighted by Gasteiger charge is 2.29. The number of hydrogen-bond acceptors (Lipinski definition) is 3. The normalized spacial score (nSPS) is 26.6. The Morgan fingerprint density at radius 1 is 1.23 bits per heavy atom. The number of fused-ring (bicyclic) bond motifs is 1. The van der Waals surface area contributed by atoms with Gasteiger partial charge >= 0.3 is 0 Å². The number of hydrogen-bond donors (Lipinski definition) is 2. The average molecular weight is 356 g/mol. The van der Waals surface area contributed by atoms with Gasteiger partial charge in [-0.15, -0.1) is 0 Å². The van der Waals surface area contributed by atoms with Crippen LogP contribution in [-0.4, -0.2) is 36.8 Å². The maximum atomic E-state index is 12.5. The van der Waals surface area contributed by atoms with Crippen molar-refractivity contribution in [2.45, 2.75) is 63.0 Å². The summed E-state index contributed by atoms with van der Waals surface area (Å²) in [6.07, 6.45) is 9.23. The van der Waals surface area contributed by atoms with Crippen molar-refractivity contribution in [2.24, 2.45) is 0 Å². The molecule has 1 aromatic carbocycles. The van der Waals surface area contributed by atoms with Crippen molar-refractivity contribution < 1.29 is 14.3 Å². The Balaban J connectivity index is 1.46. The second kappa shape index (κ2) is 7.70. The summed E-state index contributed by atoms with van der Waals surface area (Å²) in [5.41, 5.74) is 2.48. The molecule has 2 aromatic rings. The molecule has 0 spiro atoms. The molecule has 1 aliphatic carbocycles. The summed E-state index contributed by atoms with van der Waals surface area (Å²) < 4.78 is 11.0. The molecule has 26 heavy (non-hydrogen) atoms. The van der Waals surface area contributed by atoms with E-state index in [-0.39, 0.29) is 18.1 Å². The van der Waals surface area contributed by atoms with Gasteiger partial charge in [0.1, 0.15) is 11.9 Å². The molecule has 1 amide bonds. The fourth-order valence-corrected chi connectivity index (χ4v) is 4.43. The molecule has 1 unspecified atom stereocenters. The van der Waals surface area contributed by atoms with Gasteiger partial charge in [0, 0.05) is 29.7 Å². The van der Waals surface area contributed by atoms with E-state index in [1.54, 1.807) is 7.11 Å². The number of methoxy groups -OCH3 is 1. The van der Waals surface area contributed by atoms with E-state index in [9.17, 15) is 4.79 Å². The highest BCUT2D eigenvalue weighted by atomic mass is 16.5. The van der Waals surface area contributed by atoms with Crippen LogP contribution in [0.5, 0.6) is 5.75 Å². The minimum Gasteiger partial charge on any atom is -0.497 e. The molecule has 0 bridgehead atoms. The molecule has 1 saturated heterocycles. The van der Waals surface area contributed by atoms with Crippen molar-refractivity contribution in [1.29, 1.82) is 0 Å². The zero-order valence-electron chi connectivity index (χ0n) is 15.4. The molecule has 1 saturated carbocycles. The molecule has 4 rings (SSSR count). The molecule has 5 nitrogen and oxygen atoms in total. The Hall–Kier alpha value is -2.01. The highest BCUT2D eigenvalue weighted by molar-refractivity contribution is 5.85. The zero-order valence-corrected chi connectivity index (χ0v) is 15.4. The third-order valence-electron chi connectivity index (χ3n) is 5.85. The van der Waals surface area contributed by atoms with E-state index >= 15 is 0 Å². The van der Waals surface area contributed by atoms with E-state index in [1.165, 1.54) is 10.9 Å². The van der Waals surface area contributed by atoms with E-state index < -0.39 is 0 Å². The summed E-state index contributed by atoms with van der Waals surface area (Å²) in [5, 5.41) is 4.49. The Morgan fingerprint density at radius 2 is 2.15 bits per heavy atom. The summed E-state index contributed by atoms with van der Waals surface area (Å²) in [6.45, 7) is 0.711. The second-order valence-electron chi connectivity index (χ2n) is 7.58. The van der Waals surface area contributed by atoms with Crippen LogP contribution >= 0.6 is 0 Å². The number of aromatic amines is 1. The molecule has 1 aromatic heterocycles. The van der Waals surface area contributed by atoms with E-state index in [0.29, 0.717) is 12.5 Å². The molecular formula is C21H28N2O3. The summed E-state index contributed by atoms with van der Waals surface area (Å²) in [5.74, 6) is 1.42. The Morgan fingerprint density at radius 3 is 2.96 bits per heavy atom. The molecular weight excluding hydrogens is 328 g/mol. The van der Waals surface area contributed by atoms with Crippen molar-refractivity contribution in [2.75, 3.05) is 13.7 Å². The molecule has 0 radical (unpaired) electrons. The number of carbonyl (C=O) groups excluding carboxylic acids is 1. The summed E-state index contributed by atoms with van der Waals surface area (Å²) in [7, 11) is 1.70. The van der Waals surface area contributed by atoms with Crippen molar-refractivity contribution in [3.8, 4) is 5.75 Å². The Bertz CT molecular complexity index is 764. The Kier molecular flexibility index (Phi) is 5.16. The van der Waals surface area contributed by atoms with Crippen molar-refractivity contribution in [3.63, 3.8) is 0 Å². The predicted molar refractivity (Wildman–Crippen MR) is 102 cm³/mol. The molecule has 2 N–H and O–H groups in total. The first-order valence-corrected chi connectivity index (χ1v) is 9.81. The van der Waals surface area contributed by atoms with E-state index in [0.717, 1.165) is 56.2 Å². The monoisotopic (exact) mass is 356 g/mol. The van der Waals surface area contributed by atoms with E-state index in [2.05, 4.69) is 28.6 Å². The first-order chi connectivity index (χ1) is 12.7. The number of ether oxygens (including phenoxy) is 2.